The van der Waals surface area contributed by atoms with Crippen molar-refractivity contribution in [3.63, 3.8) is 0 Å². The molecule has 5 heteroatoms. The Kier molecular flexibility index (Phi) is 6.82. The quantitative estimate of drug-likeness (QED) is 0.738. The van der Waals surface area contributed by atoms with Crippen molar-refractivity contribution in [2.45, 2.75) is 32.7 Å². The second kappa shape index (κ2) is 9.51. The standard InChI is InChI=1S/C23H28N2O3/c1-3-28-21-11-9-20(10-12-21)24-23(27)17(2)25-15-13-19(14-16-25)22(26)18-7-5-4-6-8-18/h4-12,17,19H,3,13-16H2,1-2H3,(H,24,27). The van der Waals surface area contributed by atoms with Gasteiger partial charge in [-0.05, 0) is 64.0 Å². The molecule has 0 radical (unpaired) electrons. The van der Waals surface area contributed by atoms with Crippen LogP contribution in [-0.2, 0) is 4.79 Å². The molecule has 0 bridgehead atoms. The summed E-state index contributed by atoms with van der Waals surface area (Å²) < 4.78 is 5.42. The summed E-state index contributed by atoms with van der Waals surface area (Å²) in [5.74, 6) is 1.02. The predicted octanol–water partition coefficient (Wildman–Crippen LogP) is 4.01. The van der Waals surface area contributed by atoms with Crippen molar-refractivity contribution in [3.8, 4) is 5.75 Å². The number of amides is 1. The third kappa shape index (κ3) is 4.98. The summed E-state index contributed by atoms with van der Waals surface area (Å²) in [6.07, 6.45) is 1.57. The molecule has 0 saturated carbocycles. The lowest BCUT2D eigenvalue weighted by Crippen LogP contribution is -2.47. The highest BCUT2D eigenvalue weighted by atomic mass is 16.5. The molecule has 3 rings (SSSR count). The molecule has 2 aromatic carbocycles. The van der Waals surface area contributed by atoms with E-state index in [0.29, 0.717) is 6.61 Å². The van der Waals surface area contributed by atoms with Gasteiger partial charge in [-0.15, -0.1) is 0 Å². The van der Waals surface area contributed by atoms with Crippen LogP contribution in [0.4, 0.5) is 5.69 Å². The molecule has 1 aliphatic rings. The molecule has 1 saturated heterocycles. The molecule has 1 N–H and O–H groups in total. The first-order valence-electron chi connectivity index (χ1n) is 9.95. The first-order valence-corrected chi connectivity index (χ1v) is 9.95. The molecule has 0 aliphatic carbocycles. The molecule has 5 nitrogen and oxygen atoms in total. The van der Waals surface area contributed by atoms with Crippen LogP contribution in [0.15, 0.2) is 54.6 Å². The second-order valence-electron chi connectivity index (χ2n) is 7.16. The molecule has 148 valence electrons. The van der Waals surface area contributed by atoms with E-state index in [4.69, 9.17) is 4.74 Å². The molecule has 1 fully saturated rings. The van der Waals surface area contributed by atoms with Crippen LogP contribution in [0.2, 0.25) is 0 Å². The van der Waals surface area contributed by atoms with E-state index in [1.165, 1.54) is 0 Å². The second-order valence-corrected chi connectivity index (χ2v) is 7.16. The highest BCUT2D eigenvalue weighted by Gasteiger charge is 2.30. The first kappa shape index (κ1) is 20.1. The van der Waals surface area contributed by atoms with Gasteiger partial charge in [0.05, 0.1) is 12.6 Å². The number of Topliss-reactive ketones (excluding diaryl/α,β-unsaturated/α-hetero) is 1. The van der Waals surface area contributed by atoms with E-state index in [1.54, 1.807) is 0 Å². The fourth-order valence-corrected chi connectivity index (χ4v) is 3.60. The lowest BCUT2D eigenvalue weighted by Gasteiger charge is -2.34. The van der Waals surface area contributed by atoms with Crippen molar-refractivity contribution in [1.29, 1.82) is 0 Å². The van der Waals surface area contributed by atoms with Gasteiger partial charge in [-0.2, -0.15) is 0 Å². The van der Waals surface area contributed by atoms with Gasteiger partial charge in [-0.1, -0.05) is 30.3 Å². The first-order chi connectivity index (χ1) is 13.6. The van der Waals surface area contributed by atoms with Gasteiger partial charge < -0.3 is 10.1 Å². The van der Waals surface area contributed by atoms with E-state index in [1.807, 2.05) is 68.4 Å². The van der Waals surface area contributed by atoms with Crippen molar-refractivity contribution < 1.29 is 14.3 Å². The van der Waals surface area contributed by atoms with Crippen LogP contribution in [0.5, 0.6) is 5.75 Å². The summed E-state index contributed by atoms with van der Waals surface area (Å²) in [6, 6.07) is 16.6. The molecule has 1 aliphatic heterocycles. The van der Waals surface area contributed by atoms with E-state index < -0.39 is 0 Å². The van der Waals surface area contributed by atoms with Crippen LogP contribution in [0.25, 0.3) is 0 Å². The fourth-order valence-electron chi connectivity index (χ4n) is 3.60. The molecule has 0 aromatic heterocycles. The van der Waals surface area contributed by atoms with Crippen molar-refractivity contribution >= 4 is 17.4 Å². The Morgan fingerprint density at radius 3 is 2.32 bits per heavy atom. The average Bonchev–Trinajstić information content (AvgIpc) is 2.75. The molecule has 28 heavy (non-hydrogen) atoms. The van der Waals surface area contributed by atoms with Gasteiger partial charge in [0.1, 0.15) is 5.75 Å². The molecule has 1 atom stereocenters. The Morgan fingerprint density at radius 2 is 1.71 bits per heavy atom. The van der Waals surface area contributed by atoms with Crippen LogP contribution in [0, 0.1) is 5.92 Å². The Balaban J connectivity index is 1.50. The number of carbonyl (C=O) groups excluding carboxylic acids is 2. The molecule has 2 aromatic rings. The number of benzene rings is 2. The summed E-state index contributed by atoms with van der Waals surface area (Å²) in [5.41, 5.74) is 1.54. The zero-order valence-electron chi connectivity index (χ0n) is 16.6. The predicted molar refractivity (Wildman–Crippen MR) is 111 cm³/mol. The highest BCUT2D eigenvalue weighted by Crippen LogP contribution is 2.23. The number of likely N-dealkylation sites (tertiary alicyclic amines) is 1. The summed E-state index contributed by atoms with van der Waals surface area (Å²) in [6.45, 7) is 5.98. The maximum atomic E-state index is 12.6. The summed E-state index contributed by atoms with van der Waals surface area (Å²) in [4.78, 5) is 27.4. The maximum absolute atomic E-state index is 12.6. The largest absolute Gasteiger partial charge is 0.494 e. The smallest absolute Gasteiger partial charge is 0.241 e. The van der Waals surface area contributed by atoms with Crippen molar-refractivity contribution in [3.05, 3.63) is 60.2 Å². The lowest BCUT2D eigenvalue weighted by molar-refractivity contribution is -0.121. The molecule has 1 unspecified atom stereocenters. The number of rotatable bonds is 7. The zero-order chi connectivity index (χ0) is 19.9. The molecular formula is C23H28N2O3. The third-order valence-corrected chi connectivity index (χ3v) is 5.32. The zero-order valence-corrected chi connectivity index (χ0v) is 16.6. The molecule has 0 spiro atoms. The van der Waals surface area contributed by atoms with Gasteiger partial charge in [-0.25, -0.2) is 0 Å². The number of nitrogens with one attached hydrogen (secondary N) is 1. The Morgan fingerprint density at radius 1 is 1.07 bits per heavy atom. The molecule has 1 amide bonds. The average molecular weight is 380 g/mol. The van der Waals surface area contributed by atoms with E-state index in [-0.39, 0.29) is 23.7 Å². The van der Waals surface area contributed by atoms with Crippen molar-refractivity contribution in [1.82, 2.24) is 4.90 Å². The SMILES string of the molecule is CCOc1ccc(NC(=O)C(C)N2CCC(C(=O)c3ccccc3)CC2)cc1. The minimum absolute atomic E-state index is 0.0306. The van der Waals surface area contributed by atoms with Gasteiger partial charge in [0.15, 0.2) is 5.78 Å². The van der Waals surface area contributed by atoms with Crippen LogP contribution in [0.3, 0.4) is 0 Å². The van der Waals surface area contributed by atoms with Crippen LogP contribution in [0.1, 0.15) is 37.0 Å². The lowest BCUT2D eigenvalue weighted by atomic mass is 9.88. The highest BCUT2D eigenvalue weighted by molar-refractivity contribution is 5.98. The van der Waals surface area contributed by atoms with Gasteiger partial charge in [-0.3, -0.25) is 14.5 Å². The number of anilines is 1. The van der Waals surface area contributed by atoms with Crippen molar-refractivity contribution in [2.75, 3.05) is 25.0 Å². The van der Waals surface area contributed by atoms with Gasteiger partial charge >= 0.3 is 0 Å². The van der Waals surface area contributed by atoms with Crippen LogP contribution >= 0.6 is 0 Å². The Hall–Kier alpha value is -2.66. The number of ketones is 1. The molecular weight excluding hydrogens is 352 g/mol. The maximum Gasteiger partial charge on any atom is 0.241 e. The van der Waals surface area contributed by atoms with E-state index in [9.17, 15) is 9.59 Å². The fraction of sp³-hybridized carbons (Fsp3) is 0.391. The van der Waals surface area contributed by atoms with Crippen LogP contribution < -0.4 is 10.1 Å². The normalized spacial score (nSPS) is 16.4. The minimum atomic E-state index is -0.237. The van der Waals surface area contributed by atoms with E-state index in [0.717, 1.165) is 42.9 Å². The third-order valence-electron chi connectivity index (χ3n) is 5.32. The van der Waals surface area contributed by atoms with E-state index >= 15 is 0 Å². The van der Waals surface area contributed by atoms with E-state index in [2.05, 4.69) is 10.2 Å². The Bertz CT molecular complexity index is 781. The number of piperidine rings is 1. The number of carbonyl (C=O) groups is 2. The molecule has 1 heterocycles. The number of hydrogen-bond donors (Lipinski definition) is 1. The Labute approximate surface area is 166 Å². The summed E-state index contributed by atoms with van der Waals surface area (Å²) in [7, 11) is 0. The summed E-state index contributed by atoms with van der Waals surface area (Å²) >= 11 is 0. The number of ether oxygens (including phenoxy) is 1. The van der Waals surface area contributed by atoms with Gasteiger partial charge in [0, 0.05) is 17.2 Å². The van der Waals surface area contributed by atoms with Gasteiger partial charge in [0.25, 0.3) is 0 Å². The summed E-state index contributed by atoms with van der Waals surface area (Å²) in [5, 5.41) is 2.97. The number of nitrogens with zero attached hydrogens (tertiary/aromatic N) is 1. The minimum Gasteiger partial charge on any atom is -0.494 e. The monoisotopic (exact) mass is 380 g/mol. The van der Waals surface area contributed by atoms with Gasteiger partial charge in [0.2, 0.25) is 5.91 Å². The number of hydrogen-bond acceptors (Lipinski definition) is 4. The van der Waals surface area contributed by atoms with Crippen molar-refractivity contribution in [2.24, 2.45) is 5.92 Å². The van der Waals surface area contributed by atoms with Crippen LogP contribution in [-0.4, -0.2) is 42.3 Å². The topological polar surface area (TPSA) is 58.6 Å².